The molecule has 1 N–H and O–H groups in total. The number of aryl methyl sites for hydroxylation is 1. The summed E-state index contributed by atoms with van der Waals surface area (Å²) in [4.78, 5) is 0. The molecule has 1 aromatic heterocycles. The zero-order valence-electron chi connectivity index (χ0n) is 9.67. The summed E-state index contributed by atoms with van der Waals surface area (Å²) >= 11 is 0. The van der Waals surface area contributed by atoms with E-state index in [0.29, 0.717) is 12.2 Å². The van der Waals surface area contributed by atoms with E-state index in [0.717, 1.165) is 13.0 Å². The van der Waals surface area contributed by atoms with Crippen molar-refractivity contribution in [2.75, 3.05) is 11.9 Å². The highest BCUT2D eigenvalue weighted by Gasteiger charge is 2.01. The summed E-state index contributed by atoms with van der Waals surface area (Å²) in [7, 11) is 0. The maximum absolute atomic E-state index is 13.3. The van der Waals surface area contributed by atoms with Crippen LogP contribution in [0.1, 0.15) is 12.0 Å². The van der Waals surface area contributed by atoms with Crippen LogP contribution in [0.25, 0.3) is 0 Å². The Bertz CT molecular complexity index is 544. The van der Waals surface area contributed by atoms with Crippen molar-refractivity contribution >= 4 is 5.69 Å². The Morgan fingerprint density at radius 1 is 1.44 bits per heavy atom. The van der Waals surface area contributed by atoms with Gasteiger partial charge in [-0.1, -0.05) is 5.21 Å². The molecule has 0 amide bonds. The molecule has 2 aromatic rings. The second-order valence-electron chi connectivity index (χ2n) is 3.75. The van der Waals surface area contributed by atoms with Gasteiger partial charge in [0, 0.05) is 25.0 Å². The maximum Gasteiger partial charge on any atom is 0.143 e. The number of nitriles is 1. The van der Waals surface area contributed by atoms with Gasteiger partial charge in [-0.2, -0.15) is 5.26 Å². The molecule has 0 radical (unpaired) electrons. The van der Waals surface area contributed by atoms with Gasteiger partial charge >= 0.3 is 0 Å². The van der Waals surface area contributed by atoms with E-state index >= 15 is 0 Å². The first-order chi connectivity index (χ1) is 8.79. The van der Waals surface area contributed by atoms with Gasteiger partial charge in [-0.15, -0.1) is 5.10 Å². The topological polar surface area (TPSA) is 66.5 Å². The number of hydrogen-bond donors (Lipinski definition) is 1. The van der Waals surface area contributed by atoms with Crippen LogP contribution in [-0.4, -0.2) is 21.5 Å². The molecule has 5 nitrogen and oxygen atoms in total. The van der Waals surface area contributed by atoms with Gasteiger partial charge in [0.05, 0.1) is 11.8 Å². The molecule has 0 aliphatic rings. The Morgan fingerprint density at radius 3 is 3.00 bits per heavy atom. The Balaban J connectivity index is 1.80. The minimum Gasteiger partial charge on any atom is -0.385 e. The van der Waals surface area contributed by atoms with Crippen LogP contribution in [0.4, 0.5) is 10.1 Å². The number of nitrogens with one attached hydrogen (secondary N) is 1. The van der Waals surface area contributed by atoms with Crippen LogP contribution in [0, 0.1) is 17.1 Å². The van der Waals surface area contributed by atoms with Crippen molar-refractivity contribution in [1.29, 1.82) is 5.26 Å². The van der Waals surface area contributed by atoms with E-state index in [-0.39, 0.29) is 5.56 Å². The number of rotatable bonds is 5. The third-order valence-electron chi connectivity index (χ3n) is 2.45. The van der Waals surface area contributed by atoms with Crippen molar-refractivity contribution in [2.24, 2.45) is 0 Å². The first-order valence-corrected chi connectivity index (χ1v) is 5.57. The van der Waals surface area contributed by atoms with Crippen molar-refractivity contribution in [2.45, 2.75) is 13.0 Å². The van der Waals surface area contributed by atoms with Crippen LogP contribution in [0.5, 0.6) is 0 Å². The first-order valence-electron chi connectivity index (χ1n) is 5.57. The monoisotopic (exact) mass is 245 g/mol. The number of aromatic nitrogens is 3. The molecule has 0 spiro atoms. The van der Waals surface area contributed by atoms with Crippen LogP contribution in [0.2, 0.25) is 0 Å². The summed E-state index contributed by atoms with van der Waals surface area (Å²) < 4.78 is 15.0. The molecule has 2 rings (SSSR count). The van der Waals surface area contributed by atoms with Crippen molar-refractivity contribution in [3.05, 3.63) is 42.0 Å². The Hall–Kier alpha value is -2.42. The van der Waals surface area contributed by atoms with E-state index in [1.54, 1.807) is 29.2 Å². The zero-order chi connectivity index (χ0) is 12.8. The maximum atomic E-state index is 13.3. The minimum atomic E-state index is -0.501. The van der Waals surface area contributed by atoms with Gasteiger partial charge in [-0.3, -0.25) is 4.68 Å². The van der Waals surface area contributed by atoms with Crippen molar-refractivity contribution in [3.63, 3.8) is 0 Å². The van der Waals surface area contributed by atoms with E-state index in [1.807, 2.05) is 0 Å². The predicted octanol–water partition coefficient (Wildman–Crippen LogP) is 1.79. The van der Waals surface area contributed by atoms with Crippen molar-refractivity contribution in [1.82, 2.24) is 15.0 Å². The summed E-state index contributed by atoms with van der Waals surface area (Å²) in [6.45, 7) is 1.46. The first kappa shape index (κ1) is 12.0. The minimum absolute atomic E-state index is 0.0585. The lowest BCUT2D eigenvalue weighted by Crippen LogP contribution is -2.07. The van der Waals surface area contributed by atoms with Crippen LogP contribution in [0.15, 0.2) is 30.6 Å². The van der Waals surface area contributed by atoms with E-state index < -0.39 is 5.82 Å². The third kappa shape index (κ3) is 3.04. The van der Waals surface area contributed by atoms with Crippen LogP contribution >= 0.6 is 0 Å². The van der Waals surface area contributed by atoms with E-state index in [9.17, 15) is 4.39 Å². The summed E-state index contributed by atoms with van der Waals surface area (Å²) in [5.41, 5.74) is 0.730. The Morgan fingerprint density at radius 2 is 2.33 bits per heavy atom. The summed E-state index contributed by atoms with van der Waals surface area (Å²) in [6, 6.07) is 6.27. The second kappa shape index (κ2) is 5.77. The highest BCUT2D eigenvalue weighted by Crippen LogP contribution is 2.13. The summed E-state index contributed by atoms with van der Waals surface area (Å²) in [6.07, 6.45) is 4.27. The smallest absolute Gasteiger partial charge is 0.143 e. The number of benzene rings is 1. The zero-order valence-corrected chi connectivity index (χ0v) is 9.67. The third-order valence-corrected chi connectivity index (χ3v) is 2.45. The molecule has 0 bridgehead atoms. The van der Waals surface area contributed by atoms with E-state index in [1.165, 1.54) is 12.1 Å². The lowest BCUT2D eigenvalue weighted by atomic mass is 10.2. The fraction of sp³-hybridized carbons (Fsp3) is 0.250. The standard InChI is InChI=1S/C12H12FN5/c13-12-8-11(3-2-10(12)9-14)15-4-1-6-18-7-5-16-17-18/h2-3,5,7-8,15H,1,4,6H2. The summed E-state index contributed by atoms with van der Waals surface area (Å²) in [5.74, 6) is -0.501. The van der Waals surface area contributed by atoms with Gasteiger partial charge in [0.2, 0.25) is 0 Å². The molecule has 0 fully saturated rings. The van der Waals surface area contributed by atoms with Gasteiger partial charge < -0.3 is 5.32 Å². The molecule has 0 saturated heterocycles. The molecule has 0 aliphatic heterocycles. The average molecular weight is 245 g/mol. The summed E-state index contributed by atoms with van der Waals surface area (Å²) in [5, 5.41) is 19.2. The van der Waals surface area contributed by atoms with Gasteiger partial charge in [-0.25, -0.2) is 4.39 Å². The Labute approximate surface area is 104 Å². The fourth-order valence-electron chi connectivity index (χ4n) is 1.54. The molecule has 92 valence electrons. The quantitative estimate of drug-likeness (QED) is 0.815. The average Bonchev–Trinajstić information content (AvgIpc) is 2.88. The van der Waals surface area contributed by atoms with Gasteiger partial charge in [0.15, 0.2) is 0 Å². The molecule has 18 heavy (non-hydrogen) atoms. The molecule has 0 unspecified atom stereocenters. The SMILES string of the molecule is N#Cc1ccc(NCCCn2ccnn2)cc1F. The molecule has 0 aliphatic carbocycles. The van der Waals surface area contributed by atoms with E-state index in [2.05, 4.69) is 15.6 Å². The lowest BCUT2D eigenvalue weighted by molar-refractivity contribution is 0.569. The van der Waals surface area contributed by atoms with Crippen molar-refractivity contribution in [3.8, 4) is 6.07 Å². The number of hydrogen-bond acceptors (Lipinski definition) is 4. The molecule has 6 heteroatoms. The second-order valence-corrected chi connectivity index (χ2v) is 3.75. The molecule has 1 heterocycles. The molecule has 0 saturated carbocycles. The van der Waals surface area contributed by atoms with Crippen molar-refractivity contribution < 1.29 is 4.39 Å². The van der Waals surface area contributed by atoms with Crippen LogP contribution in [-0.2, 0) is 6.54 Å². The van der Waals surface area contributed by atoms with Crippen LogP contribution < -0.4 is 5.32 Å². The molecular formula is C12H12FN5. The largest absolute Gasteiger partial charge is 0.385 e. The number of anilines is 1. The molecule has 0 atom stereocenters. The van der Waals surface area contributed by atoms with Crippen LogP contribution in [0.3, 0.4) is 0 Å². The fourth-order valence-corrected chi connectivity index (χ4v) is 1.54. The molecular weight excluding hydrogens is 233 g/mol. The van der Waals surface area contributed by atoms with Gasteiger partial charge in [0.1, 0.15) is 11.9 Å². The molecule has 1 aromatic carbocycles. The van der Waals surface area contributed by atoms with E-state index in [4.69, 9.17) is 5.26 Å². The number of halogens is 1. The van der Waals surface area contributed by atoms with Gasteiger partial charge in [-0.05, 0) is 24.6 Å². The lowest BCUT2D eigenvalue weighted by Gasteiger charge is -2.06. The highest BCUT2D eigenvalue weighted by atomic mass is 19.1. The van der Waals surface area contributed by atoms with Gasteiger partial charge in [0.25, 0.3) is 0 Å². The normalized spacial score (nSPS) is 10.0. The predicted molar refractivity (Wildman–Crippen MR) is 64.2 cm³/mol. The Kier molecular flexibility index (Phi) is 3.86. The number of nitrogens with zero attached hydrogens (tertiary/aromatic N) is 4. The highest BCUT2D eigenvalue weighted by molar-refractivity contribution is 5.47.